The Bertz CT molecular complexity index is 586. The molecule has 0 bridgehead atoms. The Morgan fingerprint density at radius 1 is 0.875 bits per heavy atom. The van der Waals surface area contributed by atoms with Crippen LogP contribution in [-0.2, 0) is 19.6 Å². The number of carbonyl (C=O) groups excluding carboxylic acids is 2. The fourth-order valence-corrected chi connectivity index (χ4v) is 4.48. The summed E-state index contributed by atoms with van der Waals surface area (Å²) in [5.74, 6) is 0.546. The van der Waals surface area contributed by atoms with Crippen molar-refractivity contribution in [3.63, 3.8) is 0 Å². The average Bonchev–Trinajstić information content (AvgIpc) is 3.39. The van der Waals surface area contributed by atoms with Crippen LogP contribution in [0.4, 0.5) is 0 Å². The van der Waals surface area contributed by atoms with Crippen molar-refractivity contribution in [3.05, 3.63) is 0 Å². The Kier molecular flexibility index (Phi) is 5.15. The lowest BCUT2D eigenvalue weighted by Gasteiger charge is -2.34. The summed E-state index contributed by atoms with van der Waals surface area (Å²) in [6.07, 6.45) is 6.05. The van der Waals surface area contributed by atoms with Crippen LogP contribution >= 0.6 is 0 Å². The van der Waals surface area contributed by atoms with Crippen molar-refractivity contribution < 1.29 is 18.0 Å². The number of carbonyl (C=O) groups is 2. The maximum atomic E-state index is 12.4. The molecule has 3 rings (SSSR count). The molecule has 3 aliphatic rings. The lowest BCUT2D eigenvalue weighted by Crippen LogP contribution is -2.49. The zero-order valence-corrected chi connectivity index (χ0v) is 15.1. The van der Waals surface area contributed by atoms with Gasteiger partial charge in [-0.1, -0.05) is 0 Å². The molecule has 0 unspecified atom stereocenters. The van der Waals surface area contributed by atoms with Gasteiger partial charge in [0.25, 0.3) is 0 Å². The molecule has 0 aromatic carbocycles. The lowest BCUT2D eigenvalue weighted by atomic mass is 9.94. The molecule has 136 valence electrons. The first-order valence-electron chi connectivity index (χ1n) is 8.89. The van der Waals surface area contributed by atoms with Crippen molar-refractivity contribution in [2.75, 3.05) is 32.4 Å². The van der Waals surface area contributed by atoms with Crippen molar-refractivity contribution in [1.29, 1.82) is 0 Å². The Balaban J connectivity index is 1.41. The number of sulfonamides is 1. The molecule has 1 saturated carbocycles. The Morgan fingerprint density at radius 3 is 1.96 bits per heavy atom. The van der Waals surface area contributed by atoms with Crippen molar-refractivity contribution in [2.45, 2.75) is 44.6 Å². The predicted molar refractivity (Wildman–Crippen MR) is 89.6 cm³/mol. The third kappa shape index (κ3) is 4.27. The molecule has 2 saturated heterocycles. The maximum absolute atomic E-state index is 12.4. The van der Waals surface area contributed by atoms with Gasteiger partial charge in [-0.3, -0.25) is 9.59 Å². The average molecular weight is 357 g/mol. The lowest BCUT2D eigenvalue weighted by molar-refractivity contribution is -0.136. The summed E-state index contributed by atoms with van der Waals surface area (Å²) in [5, 5.41) is 3.08. The number of hydrogen-bond acceptors (Lipinski definition) is 4. The number of hydrogen-bond donors (Lipinski definition) is 1. The van der Waals surface area contributed by atoms with Gasteiger partial charge in [-0.2, -0.15) is 0 Å². The molecule has 0 spiro atoms. The van der Waals surface area contributed by atoms with E-state index in [1.54, 1.807) is 0 Å². The van der Waals surface area contributed by atoms with Gasteiger partial charge in [0.05, 0.1) is 6.26 Å². The third-order valence-corrected chi connectivity index (χ3v) is 6.68. The molecule has 0 atom stereocenters. The van der Waals surface area contributed by atoms with E-state index in [1.807, 2.05) is 4.90 Å². The zero-order valence-electron chi connectivity index (χ0n) is 14.2. The Labute approximate surface area is 143 Å². The highest BCUT2D eigenvalue weighted by molar-refractivity contribution is 7.88. The number of likely N-dealkylation sites (tertiary alicyclic amines) is 1. The first-order valence-corrected chi connectivity index (χ1v) is 10.7. The van der Waals surface area contributed by atoms with Crippen molar-refractivity contribution in [3.8, 4) is 0 Å². The summed E-state index contributed by atoms with van der Waals surface area (Å²) in [6, 6.07) is 0.0571. The molecule has 8 heteroatoms. The van der Waals surface area contributed by atoms with E-state index in [1.165, 1.54) is 10.6 Å². The van der Waals surface area contributed by atoms with Gasteiger partial charge in [0.2, 0.25) is 21.8 Å². The molecule has 3 fully saturated rings. The second-order valence-electron chi connectivity index (χ2n) is 7.32. The van der Waals surface area contributed by atoms with Crippen LogP contribution < -0.4 is 5.32 Å². The minimum Gasteiger partial charge on any atom is -0.353 e. The molecule has 1 N–H and O–H groups in total. The van der Waals surface area contributed by atoms with Crippen molar-refractivity contribution >= 4 is 21.8 Å². The second kappa shape index (κ2) is 7.00. The normalized spacial score (nSPS) is 24.8. The highest BCUT2D eigenvalue weighted by Gasteiger charge is 2.36. The van der Waals surface area contributed by atoms with Crippen LogP contribution in [0.15, 0.2) is 0 Å². The van der Waals surface area contributed by atoms with E-state index in [0.29, 0.717) is 39.0 Å². The molecule has 2 heterocycles. The second-order valence-corrected chi connectivity index (χ2v) is 9.30. The van der Waals surface area contributed by atoms with Crippen molar-refractivity contribution in [1.82, 2.24) is 14.5 Å². The molecule has 24 heavy (non-hydrogen) atoms. The maximum Gasteiger partial charge on any atom is 0.225 e. The topological polar surface area (TPSA) is 86.8 Å². The van der Waals surface area contributed by atoms with Crippen molar-refractivity contribution in [2.24, 2.45) is 11.8 Å². The first kappa shape index (κ1) is 17.7. The summed E-state index contributed by atoms with van der Waals surface area (Å²) in [5.41, 5.74) is 0. The van der Waals surface area contributed by atoms with Crippen LogP contribution in [0.25, 0.3) is 0 Å². The smallest absolute Gasteiger partial charge is 0.225 e. The van der Waals surface area contributed by atoms with Crippen LogP contribution in [0.3, 0.4) is 0 Å². The van der Waals surface area contributed by atoms with Gasteiger partial charge in [-0.05, 0) is 38.5 Å². The van der Waals surface area contributed by atoms with Gasteiger partial charge in [0, 0.05) is 44.1 Å². The van der Waals surface area contributed by atoms with E-state index in [9.17, 15) is 18.0 Å². The number of nitrogens with zero attached hydrogens (tertiary/aromatic N) is 2. The van der Waals surface area contributed by atoms with Gasteiger partial charge < -0.3 is 10.2 Å². The Morgan fingerprint density at radius 2 is 1.46 bits per heavy atom. The van der Waals surface area contributed by atoms with E-state index in [-0.39, 0.29) is 29.7 Å². The highest BCUT2D eigenvalue weighted by atomic mass is 32.2. The highest BCUT2D eigenvalue weighted by Crippen LogP contribution is 2.32. The van der Waals surface area contributed by atoms with E-state index in [0.717, 1.165) is 25.7 Å². The van der Waals surface area contributed by atoms with E-state index >= 15 is 0 Å². The summed E-state index contributed by atoms with van der Waals surface area (Å²) < 4.78 is 24.5. The standard InChI is InChI=1S/C16H27N3O4S/c1-24(22,23)19-10-6-14(7-11-19)17-15(20)12-4-8-18(9-5-12)16(21)13-2-3-13/h12-14H,2-11H2,1H3,(H,17,20). The monoisotopic (exact) mass is 357 g/mol. The Hall–Kier alpha value is -1.15. The molecule has 0 aromatic heterocycles. The van der Waals surface area contributed by atoms with Gasteiger partial charge in [0.1, 0.15) is 0 Å². The van der Waals surface area contributed by atoms with Gasteiger partial charge in [-0.25, -0.2) is 12.7 Å². The zero-order chi connectivity index (χ0) is 17.3. The van der Waals surface area contributed by atoms with Crippen LogP contribution in [0.5, 0.6) is 0 Å². The minimum absolute atomic E-state index is 0.0267. The van der Waals surface area contributed by atoms with Crippen LogP contribution in [-0.4, -0.2) is 67.9 Å². The first-order chi connectivity index (χ1) is 11.3. The minimum atomic E-state index is -3.13. The molecular formula is C16H27N3O4S. The molecule has 7 nitrogen and oxygen atoms in total. The molecule has 2 aliphatic heterocycles. The van der Waals surface area contributed by atoms with Gasteiger partial charge in [-0.15, -0.1) is 0 Å². The largest absolute Gasteiger partial charge is 0.353 e. The fraction of sp³-hybridized carbons (Fsp3) is 0.875. The molecule has 1 aliphatic carbocycles. The van der Waals surface area contributed by atoms with E-state index < -0.39 is 10.0 Å². The summed E-state index contributed by atoms with van der Waals surface area (Å²) in [6.45, 7) is 2.30. The van der Waals surface area contributed by atoms with Crippen LogP contribution in [0, 0.1) is 11.8 Å². The molecule has 2 amide bonds. The summed E-state index contributed by atoms with van der Waals surface area (Å²) >= 11 is 0. The van der Waals surface area contributed by atoms with Crippen LogP contribution in [0.2, 0.25) is 0 Å². The van der Waals surface area contributed by atoms with E-state index in [2.05, 4.69) is 5.32 Å². The summed E-state index contributed by atoms with van der Waals surface area (Å²) in [7, 11) is -3.13. The number of nitrogens with one attached hydrogen (secondary N) is 1. The predicted octanol–water partition coefficient (Wildman–Crippen LogP) is 0.175. The molecule has 0 radical (unpaired) electrons. The van der Waals surface area contributed by atoms with E-state index in [4.69, 9.17) is 0 Å². The van der Waals surface area contributed by atoms with Crippen LogP contribution in [0.1, 0.15) is 38.5 Å². The number of piperidine rings is 2. The fourth-order valence-electron chi connectivity index (χ4n) is 3.60. The quantitative estimate of drug-likeness (QED) is 0.777. The van der Waals surface area contributed by atoms with Gasteiger partial charge >= 0.3 is 0 Å². The number of amides is 2. The summed E-state index contributed by atoms with van der Waals surface area (Å²) in [4.78, 5) is 26.4. The van der Waals surface area contributed by atoms with Gasteiger partial charge in [0.15, 0.2) is 0 Å². The molecular weight excluding hydrogens is 330 g/mol. The third-order valence-electron chi connectivity index (χ3n) is 5.37. The SMILES string of the molecule is CS(=O)(=O)N1CCC(NC(=O)C2CCN(C(=O)C3CC3)CC2)CC1. The number of rotatable bonds is 4. The molecule has 0 aromatic rings.